The Bertz CT molecular complexity index is 1300. The fourth-order valence-corrected chi connectivity index (χ4v) is 4.59. The van der Waals surface area contributed by atoms with Crippen molar-refractivity contribution in [1.29, 1.82) is 0 Å². The number of aliphatic hydroxyl groups is 1. The number of thiazole rings is 1. The Morgan fingerprint density at radius 3 is 2.62 bits per heavy atom. The molecule has 0 atom stereocenters. The molecule has 0 unspecified atom stereocenters. The van der Waals surface area contributed by atoms with Crippen LogP contribution in [0.2, 0.25) is 0 Å². The monoisotopic (exact) mass is 505 g/mol. The number of carbonyl (C=O) groups excluding carboxylic acids is 1. The van der Waals surface area contributed by atoms with Gasteiger partial charge in [-0.05, 0) is 18.2 Å². The van der Waals surface area contributed by atoms with E-state index in [9.17, 15) is 13.2 Å². The van der Waals surface area contributed by atoms with Gasteiger partial charge in [-0.25, -0.2) is 18.4 Å². The lowest BCUT2D eigenvalue weighted by atomic mass is 10.1. The van der Waals surface area contributed by atoms with E-state index in [1.807, 2.05) is 0 Å². The van der Waals surface area contributed by atoms with Crippen LogP contribution in [-0.2, 0) is 19.4 Å². The molecule has 180 valence electrons. The fourth-order valence-electron chi connectivity index (χ4n) is 3.13. The summed E-state index contributed by atoms with van der Waals surface area (Å²) in [7, 11) is -3.37. The zero-order valence-corrected chi connectivity index (χ0v) is 19.9. The van der Waals surface area contributed by atoms with Crippen molar-refractivity contribution in [3.05, 3.63) is 42.0 Å². The SMILES string of the molecule is CS(=O)(=O)c1ccc(/C(=N\N2CCOCC2)C(=O)Nc2nc3ccc(OCCO)nc3s2)cc1. The number of nitrogens with zero attached hydrogens (tertiary/aromatic N) is 4. The van der Waals surface area contributed by atoms with Gasteiger partial charge in [0.1, 0.15) is 17.0 Å². The van der Waals surface area contributed by atoms with Gasteiger partial charge in [-0.1, -0.05) is 23.5 Å². The quantitative estimate of drug-likeness (QED) is 0.431. The van der Waals surface area contributed by atoms with Crippen molar-refractivity contribution in [3.63, 3.8) is 0 Å². The summed E-state index contributed by atoms with van der Waals surface area (Å²) in [5.41, 5.74) is 1.18. The Balaban J connectivity index is 1.60. The number of aliphatic hydroxyl groups excluding tert-OH is 1. The van der Waals surface area contributed by atoms with Crippen molar-refractivity contribution in [2.24, 2.45) is 5.10 Å². The summed E-state index contributed by atoms with van der Waals surface area (Å²) in [6.07, 6.45) is 1.12. The van der Waals surface area contributed by atoms with E-state index >= 15 is 0 Å². The van der Waals surface area contributed by atoms with Crippen LogP contribution in [0, 0.1) is 0 Å². The number of ether oxygens (including phenoxy) is 2. The number of hydrazone groups is 1. The maximum absolute atomic E-state index is 13.2. The number of aromatic nitrogens is 2. The highest BCUT2D eigenvalue weighted by atomic mass is 32.2. The van der Waals surface area contributed by atoms with Gasteiger partial charge >= 0.3 is 0 Å². The van der Waals surface area contributed by atoms with Gasteiger partial charge in [-0.2, -0.15) is 5.10 Å². The molecule has 2 N–H and O–H groups in total. The summed E-state index contributed by atoms with van der Waals surface area (Å²) >= 11 is 1.17. The maximum atomic E-state index is 13.2. The fraction of sp³-hybridized carbons (Fsp3) is 0.333. The van der Waals surface area contributed by atoms with E-state index in [1.54, 1.807) is 29.3 Å². The molecule has 13 heteroatoms. The highest BCUT2D eigenvalue weighted by Crippen LogP contribution is 2.26. The molecule has 0 bridgehead atoms. The predicted octanol–water partition coefficient (Wildman–Crippen LogP) is 1.14. The average Bonchev–Trinajstić information content (AvgIpc) is 3.22. The third kappa shape index (κ3) is 5.86. The molecule has 4 rings (SSSR count). The number of morpholine rings is 1. The molecule has 2 aromatic heterocycles. The lowest BCUT2D eigenvalue weighted by Crippen LogP contribution is -2.35. The van der Waals surface area contributed by atoms with E-state index in [2.05, 4.69) is 20.4 Å². The standard InChI is InChI=1S/C21H23N5O6S2/c1-34(29,30)15-4-2-14(3-5-15)18(25-26-8-11-31-12-9-26)19(28)24-21-22-16-6-7-17(32-13-10-27)23-20(16)33-21/h2-7,27H,8-13H2,1H3,(H,22,24,28)/b25-18+. The third-order valence-electron chi connectivity index (χ3n) is 4.79. The third-order valence-corrected chi connectivity index (χ3v) is 6.80. The first-order valence-corrected chi connectivity index (χ1v) is 13.1. The second-order valence-corrected chi connectivity index (χ2v) is 10.3. The molecule has 1 aliphatic rings. The number of sulfone groups is 1. The molecule has 1 saturated heterocycles. The van der Waals surface area contributed by atoms with Crippen molar-refractivity contribution in [1.82, 2.24) is 15.0 Å². The van der Waals surface area contributed by atoms with Gasteiger partial charge in [0.15, 0.2) is 20.7 Å². The van der Waals surface area contributed by atoms with Gasteiger partial charge < -0.3 is 14.6 Å². The Kier molecular flexibility index (Phi) is 7.36. The van der Waals surface area contributed by atoms with Crippen molar-refractivity contribution in [2.45, 2.75) is 4.90 Å². The molecule has 1 aliphatic heterocycles. The Morgan fingerprint density at radius 2 is 1.94 bits per heavy atom. The summed E-state index contributed by atoms with van der Waals surface area (Å²) in [5.74, 6) is -0.141. The predicted molar refractivity (Wildman–Crippen MR) is 127 cm³/mol. The number of nitrogens with one attached hydrogen (secondary N) is 1. The molecule has 1 aromatic carbocycles. The molecule has 0 aliphatic carbocycles. The first kappa shape index (κ1) is 24.0. The first-order valence-electron chi connectivity index (χ1n) is 10.4. The highest BCUT2D eigenvalue weighted by molar-refractivity contribution is 7.90. The van der Waals surface area contributed by atoms with Crippen LogP contribution in [0.1, 0.15) is 5.56 Å². The topological polar surface area (TPSA) is 143 Å². The van der Waals surface area contributed by atoms with Crippen molar-refractivity contribution < 1.29 is 27.8 Å². The summed E-state index contributed by atoms with van der Waals surface area (Å²) in [5, 5.41) is 18.3. The lowest BCUT2D eigenvalue weighted by Gasteiger charge is -2.24. The van der Waals surface area contributed by atoms with E-state index < -0.39 is 15.7 Å². The van der Waals surface area contributed by atoms with Crippen LogP contribution in [0.5, 0.6) is 5.88 Å². The number of benzene rings is 1. The number of anilines is 1. The molecule has 0 radical (unpaired) electrons. The van der Waals surface area contributed by atoms with Crippen LogP contribution in [0.15, 0.2) is 46.4 Å². The number of rotatable bonds is 8. The van der Waals surface area contributed by atoms with Gasteiger partial charge in [0.2, 0.25) is 5.88 Å². The maximum Gasteiger partial charge on any atom is 0.278 e. The van der Waals surface area contributed by atoms with Crippen molar-refractivity contribution >= 4 is 48.3 Å². The summed E-state index contributed by atoms with van der Waals surface area (Å²) in [4.78, 5) is 22.7. The molecule has 11 nitrogen and oxygen atoms in total. The number of fused-ring (bicyclic) bond motifs is 1. The second kappa shape index (κ2) is 10.4. The Morgan fingerprint density at radius 1 is 1.21 bits per heavy atom. The van der Waals surface area contributed by atoms with Gasteiger partial charge in [0.25, 0.3) is 5.91 Å². The number of hydrogen-bond donors (Lipinski definition) is 2. The minimum Gasteiger partial charge on any atom is -0.475 e. The first-order chi connectivity index (χ1) is 16.3. The molecule has 0 spiro atoms. The van der Waals surface area contributed by atoms with E-state index in [-0.39, 0.29) is 23.8 Å². The molecule has 0 saturated carbocycles. The number of pyridine rings is 1. The van der Waals surface area contributed by atoms with Gasteiger partial charge in [-0.3, -0.25) is 15.1 Å². The largest absolute Gasteiger partial charge is 0.475 e. The summed E-state index contributed by atoms with van der Waals surface area (Å²) < 4.78 is 34.3. The molecular weight excluding hydrogens is 482 g/mol. The Hall–Kier alpha value is -3.13. The van der Waals surface area contributed by atoms with E-state index in [1.165, 1.54) is 23.5 Å². The zero-order valence-electron chi connectivity index (χ0n) is 18.3. The lowest BCUT2D eigenvalue weighted by molar-refractivity contribution is -0.110. The van der Waals surface area contributed by atoms with Crippen molar-refractivity contribution in [3.8, 4) is 5.88 Å². The van der Waals surface area contributed by atoms with Crippen LogP contribution >= 0.6 is 11.3 Å². The average molecular weight is 506 g/mol. The van der Waals surface area contributed by atoms with Crippen LogP contribution in [0.25, 0.3) is 10.3 Å². The van der Waals surface area contributed by atoms with Crippen LogP contribution in [0.4, 0.5) is 5.13 Å². The minimum atomic E-state index is -3.37. The molecule has 34 heavy (non-hydrogen) atoms. The van der Waals surface area contributed by atoms with E-state index in [4.69, 9.17) is 14.6 Å². The number of carbonyl (C=O) groups is 1. The van der Waals surface area contributed by atoms with Crippen LogP contribution in [-0.4, -0.2) is 85.9 Å². The Labute approximate surface area is 200 Å². The van der Waals surface area contributed by atoms with Gasteiger partial charge in [0.05, 0.1) is 37.8 Å². The van der Waals surface area contributed by atoms with E-state index in [0.29, 0.717) is 53.2 Å². The minimum absolute atomic E-state index is 0.125. The van der Waals surface area contributed by atoms with Crippen LogP contribution < -0.4 is 10.1 Å². The normalized spacial score (nSPS) is 14.9. The molecule has 3 aromatic rings. The highest BCUT2D eigenvalue weighted by Gasteiger charge is 2.20. The number of amides is 1. The molecule has 3 heterocycles. The van der Waals surface area contributed by atoms with Gasteiger partial charge in [0, 0.05) is 17.9 Å². The summed E-state index contributed by atoms with van der Waals surface area (Å²) in [6.45, 7) is 2.05. The van der Waals surface area contributed by atoms with Gasteiger partial charge in [-0.15, -0.1) is 0 Å². The molecular formula is C21H23N5O6S2. The second-order valence-electron chi connectivity index (χ2n) is 7.33. The molecule has 1 amide bonds. The zero-order chi connectivity index (χ0) is 24.1. The molecule has 1 fully saturated rings. The smallest absolute Gasteiger partial charge is 0.278 e. The van der Waals surface area contributed by atoms with Crippen LogP contribution in [0.3, 0.4) is 0 Å². The summed E-state index contributed by atoms with van der Waals surface area (Å²) in [6, 6.07) is 9.36. The van der Waals surface area contributed by atoms with E-state index in [0.717, 1.165) is 6.26 Å². The van der Waals surface area contributed by atoms with Crippen molar-refractivity contribution in [2.75, 3.05) is 51.1 Å². The number of hydrogen-bond acceptors (Lipinski definition) is 11.